The van der Waals surface area contributed by atoms with Crippen LogP contribution in [0.3, 0.4) is 0 Å². The molecule has 1 aromatic carbocycles. The third-order valence-electron chi connectivity index (χ3n) is 8.63. The Morgan fingerprint density at radius 1 is 0.690 bits per heavy atom. The fraction of sp³-hybridized carbons (Fsp3) is 0.769. The predicted molar refractivity (Wildman–Crippen MR) is 121 cm³/mol. The molecule has 3 aliphatic carbocycles. The van der Waals surface area contributed by atoms with Gasteiger partial charge in [-0.1, -0.05) is 37.8 Å². The van der Waals surface area contributed by atoms with E-state index in [0.717, 1.165) is 23.7 Å². The lowest BCUT2D eigenvalue weighted by atomic mass is 9.66. The smallest absolute Gasteiger partial charge is 0.188 e. The SMILES string of the molecule is Cc1cc(C2CCC(C3CCC(C4CCCC4)CC3)CC2)cc(C)c1C(F)(F)Br. The highest BCUT2D eigenvalue weighted by molar-refractivity contribution is 9.09. The molecule has 0 aliphatic heterocycles. The minimum Gasteiger partial charge on any atom is -0.188 e. The van der Waals surface area contributed by atoms with Gasteiger partial charge in [-0.3, -0.25) is 0 Å². The molecule has 0 saturated heterocycles. The van der Waals surface area contributed by atoms with Crippen molar-refractivity contribution in [2.75, 3.05) is 0 Å². The van der Waals surface area contributed by atoms with Crippen LogP contribution in [0.5, 0.6) is 0 Å². The summed E-state index contributed by atoms with van der Waals surface area (Å²) in [5, 5.41) is 0. The van der Waals surface area contributed by atoms with E-state index in [1.54, 1.807) is 0 Å². The van der Waals surface area contributed by atoms with Crippen molar-refractivity contribution in [3.63, 3.8) is 0 Å². The van der Waals surface area contributed by atoms with E-state index in [0.29, 0.717) is 17.0 Å². The number of alkyl halides is 3. The van der Waals surface area contributed by atoms with Crippen LogP contribution in [0, 0.1) is 37.5 Å². The third-order valence-corrected chi connectivity index (χ3v) is 9.03. The molecule has 0 aromatic heterocycles. The summed E-state index contributed by atoms with van der Waals surface area (Å²) in [6.07, 6.45) is 17.0. The van der Waals surface area contributed by atoms with Crippen molar-refractivity contribution in [2.45, 2.75) is 102 Å². The van der Waals surface area contributed by atoms with Crippen molar-refractivity contribution < 1.29 is 8.78 Å². The van der Waals surface area contributed by atoms with Crippen LogP contribution in [0.4, 0.5) is 8.78 Å². The lowest BCUT2D eigenvalue weighted by Gasteiger charge is -2.39. The van der Waals surface area contributed by atoms with Gasteiger partial charge >= 0.3 is 4.83 Å². The lowest BCUT2D eigenvalue weighted by molar-refractivity contribution is 0.113. The summed E-state index contributed by atoms with van der Waals surface area (Å²) < 4.78 is 27.7. The molecule has 1 aromatic rings. The molecule has 4 rings (SSSR count). The molecular weight excluding hydrogens is 430 g/mol. The second-order valence-corrected chi connectivity index (χ2v) is 11.4. The average molecular weight is 467 g/mol. The minimum atomic E-state index is -2.94. The molecule has 0 unspecified atom stereocenters. The minimum absolute atomic E-state index is 0.147. The maximum Gasteiger partial charge on any atom is 0.327 e. The summed E-state index contributed by atoms with van der Waals surface area (Å²) in [6, 6.07) is 4.05. The molecule has 0 spiro atoms. The van der Waals surface area contributed by atoms with Crippen LogP contribution in [0.1, 0.15) is 105 Å². The zero-order valence-electron chi connectivity index (χ0n) is 18.2. The Morgan fingerprint density at radius 3 is 1.48 bits per heavy atom. The normalized spacial score (nSPS) is 31.9. The van der Waals surface area contributed by atoms with Gasteiger partial charge in [0.15, 0.2) is 0 Å². The Morgan fingerprint density at radius 2 is 1.07 bits per heavy atom. The molecule has 29 heavy (non-hydrogen) atoms. The van der Waals surface area contributed by atoms with Crippen LogP contribution in [0.2, 0.25) is 0 Å². The molecule has 0 N–H and O–H groups in total. The Balaban J connectivity index is 1.32. The number of benzene rings is 1. The van der Waals surface area contributed by atoms with E-state index >= 15 is 0 Å². The van der Waals surface area contributed by atoms with Gasteiger partial charge in [-0.05, 0) is 127 Å². The van der Waals surface area contributed by atoms with Gasteiger partial charge < -0.3 is 0 Å². The van der Waals surface area contributed by atoms with Crippen molar-refractivity contribution in [3.05, 3.63) is 34.4 Å². The van der Waals surface area contributed by atoms with Gasteiger partial charge in [0.1, 0.15) is 0 Å². The maximum atomic E-state index is 13.9. The molecule has 0 amide bonds. The van der Waals surface area contributed by atoms with Crippen LogP contribution in [0.15, 0.2) is 12.1 Å². The van der Waals surface area contributed by atoms with Gasteiger partial charge in [0.2, 0.25) is 0 Å². The molecule has 0 heterocycles. The zero-order chi connectivity index (χ0) is 20.6. The highest BCUT2D eigenvalue weighted by Gasteiger charge is 2.35. The standard InChI is InChI=1S/C26H37BrF2/c1-17-15-24(16-18(2)25(17)26(27,28)29)23-13-11-22(12-14-23)21-9-7-20(8-10-21)19-5-3-4-6-19/h15-16,19-23H,3-14H2,1-2H3. The Hall–Kier alpha value is -0.440. The van der Waals surface area contributed by atoms with Crippen LogP contribution in [-0.2, 0) is 4.83 Å². The first-order valence-electron chi connectivity index (χ1n) is 12.0. The first kappa shape index (κ1) is 21.8. The van der Waals surface area contributed by atoms with Gasteiger partial charge in [-0.2, -0.15) is 8.78 Å². The van der Waals surface area contributed by atoms with E-state index in [9.17, 15) is 8.78 Å². The van der Waals surface area contributed by atoms with E-state index in [1.807, 2.05) is 26.0 Å². The Labute approximate surface area is 184 Å². The monoisotopic (exact) mass is 466 g/mol. The number of hydrogen-bond acceptors (Lipinski definition) is 0. The number of aryl methyl sites for hydroxylation is 2. The molecule has 3 aliphatic rings. The Bertz CT molecular complexity index is 662. The van der Waals surface area contributed by atoms with Crippen LogP contribution in [-0.4, -0.2) is 0 Å². The molecule has 3 fully saturated rings. The fourth-order valence-electron chi connectivity index (χ4n) is 7.12. The van der Waals surface area contributed by atoms with Crippen molar-refractivity contribution in [1.29, 1.82) is 0 Å². The molecule has 3 saturated carbocycles. The van der Waals surface area contributed by atoms with Gasteiger partial charge in [0.25, 0.3) is 0 Å². The van der Waals surface area contributed by atoms with Crippen LogP contribution >= 0.6 is 15.9 Å². The summed E-state index contributed by atoms with van der Waals surface area (Å²) in [5.74, 6) is 4.49. The highest BCUT2D eigenvalue weighted by Crippen LogP contribution is 2.47. The van der Waals surface area contributed by atoms with Crippen LogP contribution < -0.4 is 0 Å². The van der Waals surface area contributed by atoms with Gasteiger partial charge in [-0.25, -0.2) is 0 Å². The summed E-state index contributed by atoms with van der Waals surface area (Å²) >= 11 is 2.55. The van der Waals surface area contributed by atoms with E-state index in [1.165, 1.54) is 82.6 Å². The second-order valence-electron chi connectivity index (χ2n) is 10.4. The summed E-state index contributed by atoms with van der Waals surface area (Å²) in [7, 11) is 0. The van der Waals surface area contributed by atoms with Crippen molar-refractivity contribution in [2.24, 2.45) is 23.7 Å². The average Bonchev–Trinajstić information content (AvgIpc) is 3.21. The maximum absolute atomic E-state index is 13.9. The van der Waals surface area contributed by atoms with Crippen molar-refractivity contribution in [1.82, 2.24) is 0 Å². The molecule has 3 heteroatoms. The quantitative estimate of drug-likeness (QED) is 0.388. The summed E-state index contributed by atoms with van der Waals surface area (Å²) in [6.45, 7) is 3.66. The molecular formula is C26H37BrF2. The summed E-state index contributed by atoms with van der Waals surface area (Å²) in [5.41, 5.74) is 2.86. The number of rotatable bonds is 4. The van der Waals surface area contributed by atoms with Gasteiger partial charge in [-0.15, -0.1) is 0 Å². The molecule has 0 atom stereocenters. The molecule has 0 nitrogen and oxygen atoms in total. The van der Waals surface area contributed by atoms with E-state index in [4.69, 9.17) is 0 Å². The highest BCUT2D eigenvalue weighted by atomic mass is 79.9. The van der Waals surface area contributed by atoms with Crippen molar-refractivity contribution in [3.8, 4) is 0 Å². The first-order valence-corrected chi connectivity index (χ1v) is 12.8. The number of hydrogen-bond donors (Lipinski definition) is 0. The topological polar surface area (TPSA) is 0 Å². The largest absolute Gasteiger partial charge is 0.327 e. The molecule has 0 radical (unpaired) electrons. The number of halogens is 3. The lowest BCUT2D eigenvalue weighted by Crippen LogP contribution is -2.27. The second kappa shape index (κ2) is 8.97. The summed E-state index contributed by atoms with van der Waals surface area (Å²) in [4.78, 5) is -2.94. The Kier molecular flexibility index (Phi) is 6.74. The van der Waals surface area contributed by atoms with E-state index < -0.39 is 4.83 Å². The predicted octanol–water partition coefficient (Wildman–Crippen LogP) is 9.02. The zero-order valence-corrected chi connectivity index (χ0v) is 19.7. The van der Waals surface area contributed by atoms with Gasteiger partial charge in [0, 0.05) is 5.56 Å². The van der Waals surface area contributed by atoms with Crippen molar-refractivity contribution >= 4 is 15.9 Å². The molecule has 0 bridgehead atoms. The van der Waals surface area contributed by atoms with Gasteiger partial charge in [0.05, 0.1) is 0 Å². The molecule has 162 valence electrons. The third kappa shape index (κ3) is 4.91. The van der Waals surface area contributed by atoms with E-state index in [-0.39, 0.29) is 5.56 Å². The van der Waals surface area contributed by atoms with Crippen LogP contribution in [0.25, 0.3) is 0 Å². The first-order chi connectivity index (χ1) is 13.8. The van der Waals surface area contributed by atoms with E-state index in [2.05, 4.69) is 15.9 Å². The fourth-order valence-corrected chi connectivity index (χ4v) is 7.75.